The Morgan fingerprint density at radius 2 is 2.14 bits per heavy atom. The van der Waals surface area contributed by atoms with Crippen LogP contribution in [0.3, 0.4) is 0 Å². The van der Waals surface area contributed by atoms with Gasteiger partial charge in [-0.3, -0.25) is 4.79 Å². The van der Waals surface area contributed by atoms with Gasteiger partial charge in [0.1, 0.15) is 5.82 Å². The lowest BCUT2D eigenvalue weighted by Gasteiger charge is -2.04. The van der Waals surface area contributed by atoms with Gasteiger partial charge in [-0.1, -0.05) is 23.8 Å². The number of carbonyl (C=O) groups is 1. The Balaban J connectivity index is 3.45. The molecule has 0 amide bonds. The number of rotatable bonds is 2. The Hall–Kier alpha value is -1.15. The van der Waals surface area contributed by atoms with Gasteiger partial charge in [0.05, 0.1) is 5.02 Å². The molecule has 0 saturated heterocycles. The van der Waals surface area contributed by atoms with E-state index in [1.54, 1.807) is 13.0 Å². The summed E-state index contributed by atoms with van der Waals surface area (Å²) in [5.74, 6) is -0.717. The van der Waals surface area contributed by atoms with E-state index in [4.69, 9.17) is 11.6 Å². The van der Waals surface area contributed by atoms with E-state index >= 15 is 0 Å². The second-order valence-corrected chi connectivity index (χ2v) is 3.29. The predicted molar refractivity (Wildman–Crippen MR) is 56.1 cm³/mol. The number of allylic oxidation sites excluding steroid dienone is 1. The van der Waals surface area contributed by atoms with E-state index in [0.717, 1.165) is 0 Å². The third-order valence-corrected chi connectivity index (χ3v) is 2.14. The minimum absolute atomic E-state index is 0.0306. The van der Waals surface area contributed by atoms with Crippen LogP contribution in [0.2, 0.25) is 5.02 Å². The van der Waals surface area contributed by atoms with E-state index in [1.165, 1.54) is 25.1 Å². The first-order valence-corrected chi connectivity index (χ1v) is 4.57. The molecule has 1 aromatic carbocycles. The number of benzene rings is 1. The quantitative estimate of drug-likeness (QED) is 0.683. The summed E-state index contributed by atoms with van der Waals surface area (Å²) in [4.78, 5) is 11.2. The van der Waals surface area contributed by atoms with E-state index in [2.05, 4.69) is 0 Å². The van der Waals surface area contributed by atoms with E-state index in [9.17, 15) is 9.18 Å². The maximum Gasteiger partial charge on any atom is 0.160 e. The number of carbonyl (C=O) groups excluding carboxylic acids is 1. The number of halogens is 2. The molecule has 0 N–H and O–H groups in total. The molecule has 14 heavy (non-hydrogen) atoms. The summed E-state index contributed by atoms with van der Waals surface area (Å²) < 4.78 is 13.5. The SMILES string of the molecule is C/C=C/c1c(C(C)=O)ccc(Cl)c1F. The summed E-state index contributed by atoms with van der Waals surface area (Å²) in [5.41, 5.74) is 0.609. The molecule has 3 heteroatoms. The maximum atomic E-state index is 13.5. The molecule has 0 spiro atoms. The Labute approximate surface area is 87.2 Å². The molecule has 0 fully saturated rings. The minimum atomic E-state index is -0.544. The number of ketones is 1. The molecule has 0 heterocycles. The van der Waals surface area contributed by atoms with Crippen LogP contribution in [-0.2, 0) is 0 Å². The largest absolute Gasteiger partial charge is 0.294 e. The highest BCUT2D eigenvalue weighted by Crippen LogP contribution is 2.23. The van der Waals surface area contributed by atoms with Crippen molar-refractivity contribution in [1.82, 2.24) is 0 Å². The fraction of sp³-hybridized carbons (Fsp3) is 0.182. The van der Waals surface area contributed by atoms with Crippen molar-refractivity contribution in [2.24, 2.45) is 0 Å². The van der Waals surface area contributed by atoms with Crippen molar-refractivity contribution in [2.75, 3.05) is 0 Å². The zero-order valence-corrected chi connectivity index (χ0v) is 8.73. The molecule has 1 rings (SSSR count). The van der Waals surface area contributed by atoms with Gasteiger partial charge in [-0.05, 0) is 26.0 Å². The Morgan fingerprint density at radius 3 is 2.64 bits per heavy atom. The van der Waals surface area contributed by atoms with Gasteiger partial charge in [0.15, 0.2) is 5.78 Å². The summed E-state index contributed by atoms with van der Waals surface area (Å²) in [6.07, 6.45) is 3.21. The van der Waals surface area contributed by atoms with Gasteiger partial charge < -0.3 is 0 Å². The van der Waals surface area contributed by atoms with E-state index in [0.29, 0.717) is 5.56 Å². The van der Waals surface area contributed by atoms with Crippen molar-refractivity contribution in [2.45, 2.75) is 13.8 Å². The number of hydrogen-bond acceptors (Lipinski definition) is 1. The Kier molecular flexibility index (Phi) is 3.42. The predicted octanol–water partition coefficient (Wildman–Crippen LogP) is 3.71. The summed E-state index contributed by atoms with van der Waals surface area (Å²) in [6.45, 7) is 3.15. The van der Waals surface area contributed by atoms with Crippen molar-refractivity contribution in [3.63, 3.8) is 0 Å². The average molecular weight is 213 g/mol. The Morgan fingerprint density at radius 1 is 1.50 bits per heavy atom. The number of hydrogen-bond donors (Lipinski definition) is 0. The van der Waals surface area contributed by atoms with Gasteiger partial charge >= 0.3 is 0 Å². The highest BCUT2D eigenvalue weighted by atomic mass is 35.5. The molecule has 0 bridgehead atoms. The first-order chi connectivity index (χ1) is 6.57. The van der Waals surface area contributed by atoms with Gasteiger partial charge in [0.2, 0.25) is 0 Å². The molecule has 1 aromatic rings. The molecule has 0 unspecified atom stereocenters. The molecular formula is C11H10ClFO. The van der Waals surface area contributed by atoms with E-state index < -0.39 is 5.82 Å². The smallest absolute Gasteiger partial charge is 0.160 e. The summed E-state index contributed by atoms with van der Waals surface area (Å²) >= 11 is 5.61. The molecule has 0 aliphatic carbocycles. The van der Waals surface area contributed by atoms with Crippen molar-refractivity contribution in [1.29, 1.82) is 0 Å². The van der Waals surface area contributed by atoms with Crippen molar-refractivity contribution in [3.05, 3.63) is 40.2 Å². The number of Topliss-reactive ketones (excluding diaryl/α,β-unsaturated/α-hetero) is 1. The molecule has 74 valence electrons. The van der Waals surface area contributed by atoms with Gasteiger partial charge in [0, 0.05) is 11.1 Å². The average Bonchev–Trinajstić information content (AvgIpc) is 2.13. The molecule has 0 atom stereocenters. The zero-order valence-electron chi connectivity index (χ0n) is 7.97. The van der Waals surface area contributed by atoms with E-state index in [-0.39, 0.29) is 16.4 Å². The molecule has 0 aromatic heterocycles. The summed E-state index contributed by atoms with van der Waals surface area (Å²) in [6, 6.07) is 2.92. The van der Waals surface area contributed by atoms with Crippen LogP contribution in [0.1, 0.15) is 29.8 Å². The third kappa shape index (κ3) is 2.02. The monoisotopic (exact) mass is 212 g/mol. The zero-order chi connectivity index (χ0) is 10.7. The molecule has 0 radical (unpaired) electrons. The molecule has 0 saturated carbocycles. The standard InChI is InChI=1S/C11H10ClFO/c1-3-4-9-8(7(2)14)5-6-10(12)11(9)13/h3-6H,1-2H3/b4-3+. The summed E-state index contributed by atoms with van der Waals surface area (Å²) in [7, 11) is 0. The van der Waals surface area contributed by atoms with Crippen LogP contribution in [0, 0.1) is 5.82 Å². The fourth-order valence-electron chi connectivity index (χ4n) is 1.20. The lowest BCUT2D eigenvalue weighted by Crippen LogP contribution is -1.99. The molecule has 1 nitrogen and oxygen atoms in total. The van der Waals surface area contributed by atoms with E-state index in [1.807, 2.05) is 0 Å². The highest BCUT2D eigenvalue weighted by molar-refractivity contribution is 6.31. The van der Waals surface area contributed by atoms with Gasteiger partial charge in [0.25, 0.3) is 0 Å². The van der Waals surface area contributed by atoms with Gasteiger partial charge in [-0.25, -0.2) is 4.39 Å². The second-order valence-electron chi connectivity index (χ2n) is 2.88. The fourth-order valence-corrected chi connectivity index (χ4v) is 1.37. The van der Waals surface area contributed by atoms with Gasteiger partial charge in [-0.2, -0.15) is 0 Å². The highest BCUT2D eigenvalue weighted by Gasteiger charge is 2.12. The van der Waals surface area contributed by atoms with Crippen LogP contribution in [-0.4, -0.2) is 5.78 Å². The van der Waals surface area contributed by atoms with Crippen LogP contribution in [0.4, 0.5) is 4.39 Å². The Bertz CT molecular complexity index is 397. The van der Waals surface area contributed by atoms with Crippen LogP contribution < -0.4 is 0 Å². The minimum Gasteiger partial charge on any atom is -0.294 e. The van der Waals surface area contributed by atoms with Crippen molar-refractivity contribution in [3.8, 4) is 0 Å². The molecule has 0 aliphatic heterocycles. The third-order valence-electron chi connectivity index (χ3n) is 1.85. The van der Waals surface area contributed by atoms with Crippen molar-refractivity contribution < 1.29 is 9.18 Å². The van der Waals surface area contributed by atoms with Crippen LogP contribution >= 0.6 is 11.6 Å². The van der Waals surface area contributed by atoms with Gasteiger partial charge in [-0.15, -0.1) is 0 Å². The first kappa shape index (κ1) is 10.9. The lowest BCUT2D eigenvalue weighted by molar-refractivity contribution is 0.101. The molecule has 0 aliphatic rings. The normalized spacial score (nSPS) is 10.9. The van der Waals surface area contributed by atoms with Crippen LogP contribution in [0.15, 0.2) is 18.2 Å². The van der Waals surface area contributed by atoms with Crippen LogP contribution in [0.25, 0.3) is 6.08 Å². The van der Waals surface area contributed by atoms with Crippen LogP contribution in [0.5, 0.6) is 0 Å². The topological polar surface area (TPSA) is 17.1 Å². The lowest BCUT2D eigenvalue weighted by atomic mass is 10.0. The molecular weight excluding hydrogens is 203 g/mol. The first-order valence-electron chi connectivity index (χ1n) is 4.19. The summed E-state index contributed by atoms with van der Waals surface area (Å²) in [5, 5.41) is 0.0306. The maximum absolute atomic E-state index is 13.5. The van der Waals surface area contributed by atoms with Crippen molar-refractivity contribution >= 4 is 23.5 Å². The second kappa shape index (κ2) is 4.38.